The topological polar surface area (TPSA) is 64.2 Å². The Bertz CT molecular complexity index is 1010. The molecule has 0 saturated carbocycles. The summed E-state index contributed by atoms with van der Waals surface area (Å²) in [6.45, 7) is 0.407. The van der Waals surface area contributed by atoms with E-state index in [9.17, 15) is 4.79 Å². The van der Waals surface area contributed by atoms with Gasteiger partial charge in [-0.05, 0) is 24.3 Å². The fourth-order valence-electron chi connectivity index (χ4n) is 2.56. The molecule has 0 aliphatic rings. The lowest BCUT2D eigenvalue weighted by molar-refractivity contribution is 0.0770. The van der Waals surface area contributed by atoms with Crippen LogP contribution in [0, 0.1) is 0 Å². The van der Waals surface area contributed by atoms with Crippen molar-refractivity contribution in [1.82, 2.24) is 19.7 Å². The van der Waals surface area contributed by atoms with Crippen LogP contribution in [0.1, 0.15) is 16.2 Å². The number of aromatic nitrogens is 3. The maximum absolute atomic E-state index is 12.5. The summed E-state index contributed by atoms with van der Waals surface area (Å²) >= 11 is 1.43. The van der Waals surface area contributed by atoms with E-state index in [1.165, 1.54) is 11.3 Å². The van der Waals surface area contributed by atoms with Gasteiger partial charge in [0.2, 0.25) is 0 Å². The number of para-hydroxylation sites is 1. The maximum atomic E-state index is 12.5. The largest absolute Gasteiger partial charge is 0.467 e. The molecule has 7 heteroatoms. The summed E-state index contributed by atoms with van der Waals surface area (Å²) in [6, 6.07) is 13.5. The number of carbonyl (C=O) groups is 1. The highest BCUT2D eigenvalue weighted by Gasteiger charge is 2.17. The summed E-state index contributed by atoms with van der Waals surface area (Å²) < 4.78 is 7.08. The Morgan fingerprint density at radius 3 is 2.85 bits per heavy atom. The first-order chi connectivity index (χ1) is 12.7. The van der Waals surface area contributed by atoms with Crippen molar-refractivity contribution in [3.8, 4) is 16.3 Å². The van der Waals surface area contributed by atoms with Crippen molar-refractivity contribution in [2.75, 3.05) is 7.05 Å². The van der Waals surface area contributed by atoms with Crippen LogP contribution in [0.25, 0.3) is 16.3 Å². The quantitative estimate of drug-likeness (QED) is 0.539. The second-order valence-electron chi connectivity index (χ2n) is 5.79. The smallest absolute Gasteiger partial charge is 0.273 e. The van der Waals surface area contributed by atoms with E-state index >= 15 is 0 Å². The van der Waals surface area contributed by atoms with Gasteiger partial charge in [0.05, 0.1) is 24.7 Å². The van der Waals surface area contributed by atoms with Crippen molar-refractivity contribution >= 4 is 17.2 Å². The van der Waals surface area contributed by atoms with Crippen LogP contribution < -0.4 is 0 Å². The second-order valence-corrected chi connectivity index (χ2v) is 6.65. The van der Waals surface area contributed by atoms with Gasteiger partial charge in [0, 0.05) is 24.2 Å². The zero-order chi connectivity index (χ0) is 17.9. The van der Waals surface area contributed by atoms with Crippen LogP contribution in [0.4, 0.5) is 0 Å². The highest BCUT2D eigenvalue weighted by atomic mass is 32.1. The van der Waals surface area contributed by atoms with Crippen molar-refractivity contribution in [1.29, 1.82) is 0 Å². The van der Waals surface area contributed by atoms with Gasteiger partial charge in [-0.1, -0.05) is 18.2 Å². The summed E-state index contributed by atoms with van der Waals surface area (Å²) in [7, 11) is 1.73. The molecule has 6 nitrogen and oxygen atoms in total. The van der Waals surface area contributed by atoms with Gasteiger partial charge in [0.15, 0.2) is 0 Å². The van der Waals surface area contributed by atoms with Crippen LogP contribution in [0.15, 0.2) is 70.9 Å². The van der Waals surface area contributed by atoms with E-state index in [1.54, 1.807) is 40.5 Å². The molecule has 3 aromatic heterocycles. The zero-order valence-corrected chi connectivity index (χ0v) is 14.9. The number of amides is 1. The summed E-state index contributed by atoms with van der Waals surface area (Å²) in [5.41, 5.74) is 2.28. The molecular formula is C19H16N4O2S. The molecule has 4 aromatic rings. The Morgan fingerprint density at radius 1 is 1.23 bits per heavy atom. The Morgan fingerprint density at radius 2 is 2.08 bits per heavy atom. The molecule has 0 atom stereocenters. The Balaban J connectivity index is 1.51. The third-order valence-corrected chi connectivity index (χ3v) is 4.78. The average Bonchev–Trinajstić information content (AvgIpc) is 3.42. The first-order valence-corrected chi connectivity index (χ1v) is 8.92. The number of benzene rings is 1. The number of carbonyl (C=O) groups excluding carboxylic acids is 1. The molecule has 0 radical (unpaired) electrons. The van der Waals surface area contributed by atoms with Crippen LogP contribution in [0.3, 0.4) is 0 Å². The summed E-state index contributed by atoms with van der Waals surface area (Å²) in [4.78, 5) is 18.6. The molecule has 1 aromatic carbocycles. The third kappa shape index (κ3) is 3.29. The molecule has 1 amide bonds. The minimum Gasteiger partial charge on any atom is -0.467 e. The van der Waals surface area contributed by atoms with Gasteiger partial charge in [-0.2, -0.15) is 5.10 Å². The van der Waals surface area contributed by atoms with Gasteiger partial charge in [0.25, 0.3) is 5.91 Å². The first-order valence-electron chi connectivity index (χ1n) is 8.04. The predicted octanol–water partition coefficient (Wildman–Crippen LogP) is 3.86. The van der Waals surface area contributed by atoms with Gasteiger partial charge >= 0.3 is 0 Å². The molecule has 4 rings (SSSR count). The van der Waals surface area contributed by atoms with Crippen LogP contribution in [0.2, 0.25) is 0 Å². The molecule has 0 bridgehead atoms. The Labute approximate surface area is 154 Å². The van der Waals surface area contributed by atoms with Crippen molar-refractivity contribution in [2.24, 2.45) is 0 Å². The van der Waals surface area contributed by atoms with E-state index in [0.29, 0.717) is 12.2 Å². The van der Waals surface area contributed by atoms with Crippen LogP contribution >= 0.6 is 11.3 Å². The second kappa shape index (κ2) is 6.97. The first kappa shape index (κ1) is 16.3. The van der Waals surface area contributed by atoms with E-state index in [4.69, 9.17) is 4.42 Å². The van der Waals surface area contributed by atoms with E-state index < -0.39 is 0 Å². The SMILES string of the molecule is CN(Cc1ccco1)C(=O)c1csc(-c2cnn(-c3ccccc3)c2)n1. The number of rotatable bonds is 5. The van der Waals surface area contributed by atoms with Crippen LogP contribution in [-0.2, 0) is 6.54 Å². The van der Waals surface area contributed by atoms with Gasteiger partial charge in [0.1, 0.15) is 16.5 Å². The minimum atomic E-state index is -0.139. The molecule has 0 unspecified atom stereocenters. The lowest BCUT2D eigenvalue weighted by Gasteiger charge is -2.13. The average molecular weight is 364 g/mol. The molecule has 0 N–H and O–H groups in total. The van der Waals surface area contributed by atoms with E-state index in [0.717, 1.165) is 22.0 Å². The standard InChI is InChI=1S/C19H16N4O2S/c1-22(12-16-8-5-9-25-16)19(24)17-13-26-18(21-17)14-10-20-23(11-14)15-6-3-2-4-7-15/h2-11,13H,12H2,1H3. The predicted molar refractivity (Wildman–Crippen MR) is 99.2 cm³/mol. The summed E-state index contributed by atoms with van der Waals surface area (Å²) in [5.74, 6) is 0.597. The van der Waals surface area contributed by atoms with E-state index in [2.05, 4.69) is 10.1 Å². The van der Waals surface area contributed by atoms with Gasteiger partial charge in [-0.15, -0.1) is 11.3 Å². The highest BCUT2D eigenvalue weighted by Crippen LogP contribution is 2.25. The van der Waals surface area contributed by atoms with Crippen molar-refractivity contribution in [3.05, 3.63) is 78.0 Å². The van der Waals surface area contributed by atoms with Gasteiger partial charge < -0.3 is 9.32 Å². The lowest BCUT2D eigenvalue weighted by Crippen LogP contribution is -2.26. The maximum Gasteiger partial charge on any atom is 0.273 e. The normalized spacial score (nSPS) is 10.8. The van der Waals surface area contributed by atoms with E-state index in [1.807, 2.05) is 42.6 Å². The van der Waals surface area contributed by atoms with Gasteiger partial charge in [-0.25, -0.2) is 9.67 Å². The minimum absolute atomic E-state index is 0.139. The lowest BCUT2D eigenvalue weighted by atomic mass is 10.3. The van der Waals surface area contributed by atoms with Crippen molar-refractivity contribution < 1.29 is 9.21 Å². The fourth-order valence-corrected chi connectivity index (χ4v) is 3.33. The molecule has 3 heterocycles. The molecule has 0 fully saturated rings. The molecule has 26 heavy (non-hydrogen) atoms. The third-order valence-electron chi connectivity index (χ3n) is 3.89. The molecule has 0 saturated heterocycles. The molecule has 0 aliphatic carbocycles. The molecular weight excluding hydrogens is 348 g/mol. The fraction of sp³-hybridized carbons (Fsp3) is 0.105. The van der Waals surface area contributed by atoms with Crippen LogP contribution in [-0.4, -0.2) is 32.6 Å². The van der Waals surface area contributed by atoms with Crippen molar-refractivity contribution in [3.63, 3.8) is 0 Å². The number of furan rings is 1. The number of hydrogen-bond donors (Lipinski definition) is 0. The van der Waals surface area contributed by atoms with Gasteiger partial charge in [-0.3, -0.25) is 4.79 Å². The van der Waals surface area contributed by atoms with Crippen LogP contribution in [0.5, 0.6) is 0 Å². The monoisotopic (exact) mass is 364 g/mol. The Kier molecular flexibility index (Phi) is 4.37. The molecule has 0 aliphatic heterocycles. The zero-order valence-electron chi connectivity index (χ0n) is 14.1. The number of hydrogen-bond acceptors (Lipinski definition) is 5. The Hall–Kier alpha value is -3.19. The highest BCUT2D eigenvalue weighted by molar-refractivity contribution is 7.13. The molecule has 130 valence electrons. The number of thiazole rings is 1. The van der Waals surface area contributed by atoms with Crippen molar-refractivity contribution in [2.45, 2.75) is 6.54 Å². The van der Waals surface area contributed by atoms with E-state index in [-0.39, 0.29) is 5.91 Å². The summed E-state index contributed by atoms with van der Waals surface area (Å²) in [5, 5.41) is 6.92. The number of nitrogens with zero attached hydrogens (tertiary/aromatic N) is 4. The molecule has 0 spiro atoms. The summed E-state index contributed by atoms with van der Waals surface area (Å²) in [6.07, 6.45) is 5.26.